The molecule has 0 radical (unpaired) electrons. The highest BCUT2D eigenvalue weighted by Gasteiger charge is 2.72. The Morgan fingerprint density at radius 1 is 1.16 bits per heavy atom. The standard InChI is InChI=1S/C35H45N5O3/c1-3-5-14-36-33(37-15-6-4-2)38-23-10-11-26-24(18-23)25-19-35(42)28-17-22-9-12-27(41)31-29(22)34(35,32(43-31)30(25)39-26)13-16-40(28)20-21-7-8-21/h9-12,18,21,28,32,39,41-42H,3-8,13-17,19-20H2,1-2H3,(H2,36,37,38)/t28-,32-,34-,35+/m0/s1. The highest BCUT2D eigenvalue weighted by atomic mass is 16.5. The number of rotatable bonds is 9. The van der Waals surface area contributed by atoms with Gasteiger partial charge in [-0.15, -0.1) is 0 Å². The van der Waals surface area contributed by atoms with Gasteiger partial charge in [-0.25, -0.2) is 0 Å². The van der Waals surface area contributed by atoms with Crippen LogP contribution in [0.1, 0.15) is 87.3 Å². The maximum absolute atomic E-state index is 13.1. The molecule has 0 amide bonds. The molecule has 4 atom stereocenters. The van der Waals surface area contributed by atoms with E-state index in [0.29, 0.717) is 12.2 Å². The fraction of sp³-hybridized carbons (Fsp3) is 0.571. The number of aliphatic imine (C=N–C) groups is 1. The minimum atomic E-state index is -0.989. The number of aliphatic hydroxyl groups is 1. The van der Waals surface area contributed by atoms with Gasteiger partial charge in [0.05, 0.1) is 16.7 Å². The van der Waals surface area contributed by atoms with Gasteiger partial charge in [-0.05, 0) is 86.4 Å². The van der Waals surface area contributed by atoms with E-state index in [1.54, 1.807) is 6.07 Å². The van der Waals surface area contributed by atoms with Crippen molar-refractivity contribution in [1.82, 2.24) is 15.2 Å². The Morgan fingerprint density at radius 3 is 2.84 bits per heavy atom. The lowest BCUT2D eigenvalue weighted by Crippen LogP contribution is -2.74. The van der Waals surface area contributed by atoms with E-state index in [4.69, 9.17) is 9.73 Å². The molecule has 3 heterocycles. The van der Waals surface area contributed by atoms with Crippen LogP contribution in [0.5, 0.6) is 11.5 Å². The van der Waals surface area contributed by atoms with Crippen molar-refractivity contribution in [3.8, 4) is 11.5 Å². The van der Waals surface area contributed by atoms with E-state index in [2.05, 4.69) is 58.6 Å². The number of phenols is 1. The number of nitrogens with one attached hydrogen (secondary N) is 3. The number of unbranched alkanes of at least 4 members (excludes halogenated alkanes) is 2. The van der Waals surface area contributed by atoms with Crippen LogP contribution in [0.25, 0.3) is 10.9 Å². The monoisotopic (exact) mass is 583 g/mol. The molecule has 2 aromatic carbocycles. The van der Waals surface area contributed by atoms with Crippen LogP contribution in [-0.2, 0) is 18.3 Å². The molecule has 1 saturated carbocycles. The van der Waals surface area contributed by atoms with Crippen molar-refractivity contribution >= 4 is 22.5 Å². The first kappa shape index (κ1) is 27.3. The number of nitrogens with zero attached hydrogens (tertiary/aromatic N) is 2. The third-order valence-electron chi connectivity index (χ3n) is 11.0. The molecule has 8 rings (SSSR count). The normalized spacial score (nSPS) is 28.9. The van der Waals surface area contributed by atoms with Crippen molar-refractivity contribution in [2.24, 2.45) is 10.9 Å². The number of aromatic amines is 1. The zero-order chi connectivity index (χ0) is 29.3. The molecule has 2 aliphatic heterocycles. The number of aromatic hydroxyl groups is 1. The molecule has 1 spiro atoms. The number of guanidine groups is 1. The summed E-state index contributed by atoms with van der Waals surface area (Å²) in [4.78, 5) is 11.1. The molecule has 1 aromatic heterocycles. The van der Waals surface area contributed by atoms with Gasteiger partial charge in [0.2, 0.25) is 0 Å². The lowest BCUT2D eigenvalue weighted by molar-refractivity contribution is -0.173. The molecule has 8 nitrogen and oxygen atoms in total. The molecule has 228 valence electrons. The quantitative estimate of drug-likeness (QED) is 0.129. The second-order valence-corrected chi connectivity index (χ2v) is 13.7. The molecule has 2 fully saturated rings. The van der Waals surface area contributed by atoms with Crippen molar-refractivity contribution < 1.29 is 14.9 Å². The number of aromatic nitrogens is 1. The Bertz CT molecular complexity index is 1590. The number of benzene rings is 2. The molecule has 3 aromatic rings. The lowest BCUT2D eigenvalue weighted by atomic mass is 9.49. The van der Waals surface area contributed by atoms with E-state index in [0.717, 1.165) is 110 Å². The van der Waals surface area contributed by atoms with Crippen molar-refractivity contribution in [3.63, 3.8) is 0 Å². The van der Waals surface area contributed by atoms with Gasteiger partial charge in [-0.3, -0.25) is 9.89 Å². The lowest BCUT2D eigenvalue weighted by Gasteiger charge is -2.62. The Balaban J connectivity index is 1.21. The van der Waals surface area contributed by atoms with Crippen LogP contribution in [0, 0.1) is 5.92 Å². The van der Waals surface area contributed by atoms with E-state index in [-0.39, 0.29) is 17.9 Å². The van der Waals surface area contributed by atoms with Crippen LogP contribution < -0.4 is 15.4 Å². The minimum absolute atomic E-state index is 0.0235. The predicted octanol–water partition coefficient (Wildman–Crippen LogP) is 5.53. The number of anilines is 1. The maximum atomic E-state index is 13.1. The topological polar surface area (TPSA) is 105 Å². The van der Waals surface area contributed by atoms with Crippen molar-refractivity contribution in [1.29, 1.82) is 0 Å². The van der Waals surface area contributed by atoms with Crippen molar-refractivity contribution in [2.45, 2.75) is 94.8 Å². The average Bonchev–Trinajstić information content (AvgIpc) is 3.64. The summed E-state index contributed by atoms with van der Waals surface area (Å²) in [5.41, 5.74) is 4.93. The maximum Gasteiger partial charge on any atom is 0.195 e. The Morgan fingerprint density at radius 2 is 2.02 bits per heavy atom. The van der Waals surface area contributed by atoms with E-state index in [1.165, 1.54) is 18.4 Å². The van der Waals surface area contributed by atoms with Crippen LogP contribution >= 0.6 is 0 Å². The highest BCUT2D eigenvalue weighted by Crippen LogP contribution is 2.69. The molecule has 3 aliphatic carbocycles. The van der Waals surface area contributed by atoms with Crippen LogP contribution in [-0.4, -0.2) is 63.9 Å². The first-order valence-corrected chi connectivity index (χ1v) is 16.6. The van der Waals surface area contributed by atoms with Crippen molar-refractivity contribution in [3.05, 3.63) is 52.7 Å². The third-order valence-corrected chi connectivity index (χ3v) is 11.0. The molecule has 2 bridgehead atoms. The number of likely N-dealkylation sites (tertiary alicyclic amines) is 1. The van der Waals surface area contributed by atoms with E-state index in [9.17, 15) is 10.2 Å². The first-order valence-electron chi connectivity index (χ1n) is 16.6. The fourth-order valence-electron chi connectivity index (χ4n) is 8.71. The summed E-state index contributed by atoms with van der Waals surface area (Å²) in [7, 11) is 0. The summed E-state index contributed by atoms with van der Waals surface area (Å²) in [6.45, 7) is 8.08. The van der Waals surface area contributed by atoms with Crippen LogP contribution in [0.4, 0.5) is 5.69 Å². The molecule has 1 saturated heterocycles. The summed E-state index contributed by atoms with van der Waals surface area (Å²) >= 11 is 0. The number of piperidine rings is 1. The largest absolute Gasteiger partial charge is 0.504 e. The van der Waals surface area contributed by atoms with Gasteiger partial charge in [-0.2, -0.15) is 0 Å². The second-order valence-electron chi connectivity index (χ2n) is 13.7. The number of hydrogen-bond acceptors (Lipinski definition) is 5. The number of hydrogen-bond donors (Lipinski definition) is 5. The van der Waals surface area contributed by atoms with Crippen molar-refractivity contribution in [2.75, 3.05) is 31.5 Å². The number of H-pyrrole nitrogens is 1. The van der Waals surface area contributed by atoms with Gasteiger partial charge in [-0.1, -0.05) is 32.8 Å². The summed E-state index contributed by atoms with van der Waals surface area (Å²) in [5.74, 6) is 2.33. The number of ether oxygens (including phenoxy) is 1. The van der Waals surface area contributed by atoms with Gasteiger partial charge in [0, 0.05) is 54.3 Å². The summed E-state index contributed by atoms with van der Waals surface area (Å²) < 4.78 is 6.76. The second kappa shape index (κ2) is 10.2. The average molecular weight is 584 g/mol. The van der Waals surface area contributed by atoms with Gasteiger partial charge in [0.1, 0.15) is 0 Å². The van der Waals surface area contributed by atoms with Crippen LogP contribution in [0.3, 0.4) is 0 Å². The highest BCUT2D eigenvalue weighted by molar-refractivity contribution is 5.97. The summed E-state index contributed by atoms with van der Waals surface area (Å²) in [6, 6.07) is 10.3. The number of phenolic OH excluding ortho intramolecular Hbond substituents is 1. The van der Waals surface area contributed by atoms with Gasteiger partial charge < -0.3 is 30.6 Å². The molecule has 8 heteroatoms. The molecular formula is C35H45N5O3. The molecule has 5 N–H and O–H groups in total. The third kappa shape index (κ3) is 4.05. The summed E-state index contributed by atoms with van der Waals surface area (Å²) in [6.07, 6.45) is 8.82. The Labute approximate surface area is 253 Å². The number of fused-ring (bicyclic) bond motifs is 4. The van der Waals surface area contributed by atoms with E-state index >= 15 is 0 Å². The van der Waals surface area contributed by atoms with Crippen LogP contribution in [0.2, 0.25) is 0 Å². The Hall–Kier alpha value is -3.23. The van der Waals surface area contributed by atoms with Gasteiger partial charge in [0.15, 0.2) is 23.6 Å². The van der Waals surface area contributed by atoms with Gasteiger partial charge in [0.25, 0.3) is 0 Å². The molecule has 5 aliphatic rings. The SMILES string of the molecule is CCCCN=C(NCCCC)Nc1ccc2[nH]c3c(c2c1)C[C@@]1(O)[C@@H]2Cc4ccc(O)c5c4[C@@]1(CCN2CC1CC1)[C@H]3O5. The van der Waals surface area contributed by atoms with Gasteiger partial charge >= 0.3 is 0 Å². The predicted molar refractivity (Wildman–Crippen MR) is 170 cm³/mol. The zero-order valence-electron chi connectivity index (χ0n) is 25.5. The Kier molecular flexibility index (Phi) is 6.46. The summed E-state index contributed by atoms with van der Waals surface area (Å²) in [5, 5.41) is 32.3. The molecular weight excluding hydrogens is 538 g/mol. The fourth-order valence-corrected chi connectivity index (χ4v) is 8.71. The minimum Gasteiger partial charge on any atom is -0.504 e. The van der Waals surface area contributed by atoms with E-state index < -0.39 is 11.0 Å². The first-order chi connectivity index (χ1) is 21.0. The molecule has 43 heavy (non-hydrogen) atoms. The smallest absolute Gasteiger partial charge is 0.195 e. The van der Waals surface area contributed by atoms with E-state index in [1.807, 2.05) is 0 Å². The zero-order valence-corrected chi connectivity index (χ0v) is 25.5. The van der Waals surface area contributed by atoms with Crippen LogP contribution in [0.15, 0.2) is 35.3 Å². The molecule has 0 unspecified atom stereocenters.